The monoisotopic (exact) mass is 435 g/mol. The van der Waals surface area contributed by atoms with E-state index in [4.69, 9.17) is 0 Å². The Morgan fingerprint density at radius 1 is 1.03 bits per heavy atom. The molecule has 0 aromatic heterocycles. The number of nitrogens with one attached hydrogen (secondary N) is 1. The summed E-state index contributed by atoms with van der Waals surface area (Å²) in [5.41, 5.74) is 2.02. The van der Waals surface area contributed by atoms with Gasteiger partial charge in [0.2, 0.25) is 0 Å². The molecule has 2 aromatic carbocycles. The van der Waals surface area contributed by atoms with Gasteiger partial charge in [-0.15, -0.1) is 11.8 Å². The fraction of sp³-hybridized carbons (Fsp3) is 0.217. The van der Waals surface area contributed by atoms with Gasteiger partial charge in [0, 0.05) is 11.9 Å². The summed E-state index contributed by atoms with van der Waals surface area (Å²) in [6, 6.07) is 16.8. The van der Waals surface area contributed by atoms with Gasteiger partial charge >= 0.3 is 6.03 Å². The Kier molecular flexibility index (Phi) is 5.65. The third kappa shape index (κ3) is 3.74. The van der Waals surface area contributed by atoms with Gasteiger partial charge in [-0.25, -0.2) is 14.3 Å². The number of para-hydroxylation sites is 1. The predicted octanol–water partition coefficient (Wildman–Crippen LogP) is 3.00. The molecule has 7 nitrogen and oxygen atoms in total. The molecule has 8 heteroatoms. The van der Waals surface area contributed by atoms with Crippen molar-refractivity contribution in [1.82, 2.24) is 9.80 Å². The van der Waals surface area contributed by atoms with Crippen LogP contribution in [0.2, 0.25) is 0 Å². The lowest BCUT2D eigenvalue weighted by atomic mass is 10.0. The van der Waals surface area contributed by atoms with E-state index < -0.39 is 11.9 Å². The van der Waals surface area contributed by atoms with Crippen LogP contribution in [0.4, 0.5) is 10.5 Å². The Morgan fingerprint density at radius 3 is 2.42 bits per heavy atom. The van der Waals surface area contributed by atoms with Crippen molar-refractivity contribution in [3.05, 3.63) is 71.9 Å². The number of carbonyl (C=O) groups excluding carboxylic acids is 3. The number of fused-ring (bicyclic) bond motifs is 1. The number of hydrogen-bond donors (Lipinski definition) is 1. The first-order chi connectivity index (χ1) is 14.9. The topological polar surface area (TPSA) is 72.7 Å². The van der Waals surface area contributed by atoms with E-state index in [-0.39, 0.29) is 11.8 Å². The molecule has 2 aliphatic rings. The molecule has 158 valence electrons. The third-order valence-electron chi connectivity index (χ3n) is 5.46. The van der Waals surface area contributed by atoms with Gasteiger partial charge in [0.1, 0.15) is 6.54 Å². The van der Waals surface area contributed by atoms with Crippen LogP contribution in [-0.2, 0) is 16.1 Å². The molecule has 1 atom stereocenters. The minimum atomic E-state index is -0.687. The normalized spacial score (nSPS) is 18.3. The van der Waals surface area contributed by atoms with Gasteiger partial charge in [0.15, 0.2) is 11.6 Å². The predicted molar refractivity (Wildman–Crippen MR) is 120 cm³/mol. The molecule has 1 unspecified atom stereocenters. The van der Waals surface area contributed by atoms with Crippen molar-refractivity contribution in [3.8, 4) is 0 Å². The number of imide groups is 1. The average Bonchev–Trinajstić information content (AvgIpc) is 3.16. The van der Waals surface area contributed by atoms with Crippen LogP contribution in [0.25, 0.3) is 0 Å². The summed E-state index contributed by atoms with van der Waals surface area (Å²) in [5.74, 6) is -0.854. The van der Waals surface area contributed by atoms with Gasteiger partial charge in [-0.05, 0) is 30.0 Å². The largest absolute Gasteiger partial charge is 0.417 e. The molecular weight excluding hydrogens is 412 g/mol. The maximum atomic E-state index is 13.3. The summed E-state index contributed by atoms with van der Waals surface area (Å²) in [6.45, 7) is 0.366. The Bertz CT molecular complexity index is 1130. The maximum absolute atomic E-state index is 13.3. The Balaban J connectivity index is 1.76. The van der Waals surface area contributed by atoms with E-state index in [0.717, 1.165) is 15.4 Å². The van der Waals surface area contributed by atoms with E-state index >= 15 is 0 Å². The van der Waals surface area contributed by atoms with E-state index in [0.29, 0.717) is 23.8 Å². The highest BCUT2D eigenvalue weighted by Crippen LogP contribution is 2.29. The molecule has 0 saturated carbocycles. The van der Waals surface area contributed by atoms with Crippen molar-refractivity contribution in [3.63, 3.8) is 0 Å². The van der Waals surface area contributed by atoms with Crippen LogP contribution in [0.1, 0.15) is 5.56 Å². The van der Waals surface area contributed by atoms with Crippen LogP contribution < -0.4 is 5.32 Å². The summed E-state index contributed by atoms with van der Waals surface area (Å²) in [4.78, 5) is 42.2. The van der Waals surface area contributed by atoms with Crippen LogP contribution >= 0.6 is 11.8 Å². The zero-order valence-electron chi connectivity index (χ0n) is 17.5. The molecule has 0 spiro atoms. The summed E-state index contributed by atoms with van der Waals surface area (Å²) in [6.07, 6.45) is 3.60. The molecule has 4 amide bonds. The highest BCUT2D eigenvalue weighted by atomic mass is 32.2. The maximum Gasteiger partial charge on any atom is 0.417 e. The first-order valence-corrected chi connectivity index (χ1v) is 11.0. The highest BCUT2D eigenvalue weighted by Gasteiger charge is 2.51. The number of rotatable bonds is 5. The standard InChI is InChI=1S/C23H22N4O3S/c1-25-21-16(22(29)26(2)23(25)30)13-18(27(21)14-15-9-5-4-6-10-15)20(28)24-17-11-7-8-12-19(17)31-3/h4-13,16H,14H2,1-3H3/p+1. The van der Waals surface area contributed by atoms with Gasteiger partial charge in [-0.3, -0.25) is 9.59 Å². The summed E-state index contributed by atoms with van der Waals surface area (Å²) >= 11 is 1.54. The van der Waals surface area contributed by atoms with Gasteiger partial charge in [-0.1, -0.05) is 42.5 Å². The SMILES string of the molecule is CSc1ccccc1NC(=O)C1=CC2C(=O)N(C)C(=O)N(C)C2=[N+]1Cc1ccccc1. The number of benzene rings is 2. The number of anilines is 1. The van der Waals surface area contributed by atoms with E-state index in [9.17, 15) is 14.4 Å². The number of amidine groups is 1. The van der Waals surface area contributed by atoms with Crippen LogP contribution in [0.3, 0.4) is 0 Å². The Morgan fingerprint density at radius 2 is 1.71 bits per heavy atom. The van der Waals surface area contributed by atoms with Crippen molar-refractivity contribution in [2.45, 2.75) is 11.4 Å². The lowest BCUT2D eigenvalue weighted by molar-refractivity contribution is -0.489. The molecular formula is C23H23N4O3S+. The Hall–Kier alpha value is -3.39. The second-order valence-corrected chi connectivity index (χ2v) is 8.20. The summed E-state index contributed by atoms with van der Waals surface area (Å²) in [5, 5.41) is 2.97. The smallest absolute Gasteiger partial charge is 0.318 e. The number of amides is 4. The van der Waals surface area contributed by atoms with Gasteiger partial charge in [0.25, 0.3) is 17.6 Å². The summed E-state index contributed by atoms with van der Waals surface area (Å²) < 4.78 is 1.76. The first-order valence-electron chi connectivity index (χ1n) is 9.82. The van der Waals surface area contributed by atoms with Crippen molar-refractivity contribution >= 4 is 41.1 Å². The fourth-order valence-electron chi connectivity index (χ4n) is 3.88. The zero-order chi connectivity index (χ0) is 22.1. The van der Waals surface area contributed by atoms with E-state index in [1.165, 1.54) is 23.7 Å². The number of urea groups is 1. The third-order valence-corrected chi connectivity index (χ3v) is 6.25. The van der Waals surface area contributed by atoms with E-state index in [1.807, 2.05) is 60.9 Å². The van der Waals surface area contributed by atoms with Crippen LogP contribution in [-0.4, -0.2) is 58.4 Å². The van der Waals surface area contributed by atoms with Gasteiger partial charge in [0.05, 0.1) is 12.7 Å². The lowest BCUT2D eigenvalue weighted by Gasteiger charge is -2.27. The molecule has 1 fully saturated rings. The molecule has 4 rings (SSSR count). The van der Waals surface area contributed by atoms with Gasteiger partial charge < -0.3 is 5.32 Å². The number of thioether (sulfide) groups is 1. The molecule has 0 bridgehead atoms. The molecule has 1 saturated heterocycles. The average molecular weight is 436 g/mol. The molecule has 0 radical (unpaired) electrons. The molecule has 2 heterocycles. The highest BCUT2D eigenvalue weighted by molar-refractivity contribution is 7.98. The minimum Gasteiger partial charge on any atom is -0.318 e. The lowest BCUT2D eigenvalue weighted by Crippen LogP contribution is -2.57. The van der Waals surface area contributed by atoms with Gasteiger partial charge in [-0.2, -0.15) is 4.90 Å². The quantitative estimate of drug-likeness (QED) is 0.579. The van der Waals surface area contributed by atoms with Crippen molar-refractivity contribution in [2.24, 2.45) is 5.92 Å². The minimum absolute atomic E-state index is 0.323. The van der Waals surface area contributed by atoms with Crippen molar-refractivity contribution < 1.29 is 19.0 Å². The molecule has 1 N–H and O–H groups in total. The van der Waals surface area contributed by atoms with E-state index in [2.05, 4.69) is 5.32 Å². The summed E-state index contributed by atoms with van der Waals surface area (Å²) in [7, 11) is 3.09. The fourth-order valence-corrected chi connectivity index (χ4v) is 4.43. The molecule has 0 aliphatic carbocycles. The van der Waals surface area contributed by atoms with Crippen LogP contribution in [0.5, 0.6) is 0 Å². The zero-order valence-corrected chi connectivity index (χ0v) is 18.3. The van der Waals surface area contributed by atoms with Crippen LogP contribution in [0, 0.1) is 5.92 Å². The van der Waals surface area contributed by atoms with E-state index in [1.54, 1.807) is 17.7 Å². The Labute approximate surface area is 185 Å². The first kappa shape index (κ1) is 20.9. The number of carbonyl (C=O) groups is 3. The number of hydrogen-bond acceptors (Lipinski definition) is 4. The second kappa shape index (κ2) is 8.39. The van der Waals surface area contributed by atoms with Crippen LogP contribution in [0.15, 0.2) is 71.3 Å². The second-order valence-electron chi connectivity index (χ2n) is 7.35. The molecule has 31 heavy (non-hydrogen) atoms. The molecule has 2 aliphatic heterocycles. The molecule has 2 aromatic rings. The van der Waals surface area contributed by atoms with Crippen molar-refractivity contribution in [2.75, 3.05) is 25.7 Å². The number of nitrogens with zero attached hydrogens (tertiary/aromatic N) is 3. The van der Waals surface area contributed by atoms with Crippen molar-refractivity contribution in [1.29, 1.82) is 0 Å².